The van der Waals surface area contributed by atoms with Gasteiger partial charge in [-0.05, 0) is 17.7 Å². The fourth-order valence-corrected chi connectivity index (χ4v) is 1.76. The molecule has 1 aromatic carbocycles. The molecule has 0 bridgehead atoms. The number of oxazole rings is 1. The van der Waals surface area contributed by atoms with E-state index in [0.717, 1.165) is 0 Å². The second-order valence-corrected chi connectivity index (χ2v) is 3.78. The summed E-state index contributed by atoms with van der Waals surface area (Å²) in [4.78, 5) is 13.4. The van der Waals surface area contributed by atoms with Gasteiger partial charge in [0.2, 0.25) is 0 Å². The topological polar surface area (TPSA) is 66.2 Å². The average Bonchev–Trinajstić information content (AvgIpc) is 2.58. The molecule has 80 valence electrons. The van der Waals surface area contributed by atoms with E-state index in [4.69, 9.17) is 27.6 Å². The second kappa shape index (κ2) is 3.89. The molecule has 0 saturated heterocycles. The number of halogens is 2. The normalized spacial score (nSPS) is 13.3. The Labute approximate surface area is 94.4 Å². The SMILES string of the molecule is O=c1[nH]c2c(Cl)cc([C@H](O)CCl)cc2o1. The van der Waals surface area contributed by atoms with E-state index in [0.29, 0.717) is 21.7 Å². The number of aromatic nitrogens is 1. The maximum Gasteiger partial charge on any atom is 0.417 e. The predicted octanol–water partition coefficient (Wildman–Crippen LogP) is 2.05. The highest BCUT2D eigenvalue weighted by molar-refractivity contribution is 6.34. The minimum absolute atomic E-state index is 0.0521. The lowest BCUT2D eigenvalue weighted by molar-refractivity contribution is 0.202. The van der Waals surface area contributed by atoms with E-state index in [1.807, 2.05) is 0 Å². The van der Waals surface area contributed by atoms with Crippen LogP contribution in [0.4, 0.5) is 0 Å². The lowest BCUT2D eigenvalue weighted by atomic mass is 10.1. The van der Waals surface area contributed by atoms with Gasteiger partial charge in [-0.25, -0.2) is 4.79 Å². The standard InChI is InChI=1S/C9H7Cl2NO3/c10-3-6(13)4-1-5(11)8-7(2-4)15-9(14)12-8/h1-2,6,13H,3H2,(H,12,14)/t6-/m1/s1. The Kier molecular flexibility index (Phi) is 2.73. The maximum atomic E-state index is 10.9. The van der Waals surface area contributed by atoms with E-state index in [1.165, 1.54) is 6.07 Å². The molecule has 15 heavy (non-hydrogen) atoms. The number of nitrogens with one attached hydrogen (secondary N) is 1. The van der Waals surface area contributed by atoms with Crippen molar-refractivity contribution < 1.29 is 9.52 Å². The third kappa shape index (κ3) is 1.88. The summed E-state index contributed by atoms with van der Waals surface area (Å²) in [6.45, 7) is 0. The summed E-state index contributed by atoms with van der Waals surface area (Å²) in [5.41, 5.74) is 1.25. The minimum Gasteiger partial charge on any atom is -0.408 e. The van der Waals surface area contributed by atoms with Crippen molar-refractivity contribution in [1.29, 1.82) is 0 Å². The molecule has 1 atom stereocenters. The zero-order valence-electron chi connectivity index (χ0n) is 7.46. The van der Waals surface area contributed by atoms with Crippen LogP contribution in [0.5, 0.6) is 0 Å². The molecular weight excluding hydrogens is 241 g/mol. The lowest BCUT2D eigenvalue weighted by Gasteiger charge is -2.06. The zero-order valence-corrected chi connectivity index (χ0v) is 8.97. The van der Waals surface area contributed by atoms with Crippen molar-refractivity contribution >= 4 is 34.3 Å². The van der Waals surface area contributed by atoms with E-state index in [-0.39, 0.29) is 5.88 Å². The molecule has 2 aromatic rings. The van der Waals surface area contributed by atoms with Crippen LogP contribution in [0.15, 0.2) is 21.3 Å². The van der Waals surface area contributed by atoms with Gasteiger partial charge >= 0.3 is 5.76 Å². The molecule has 0 aliphatic rings. The number of hydrogen-bond donors (Lipinski definition) is 2. The van der Waals surface area contributed by atoms with Crippen LogP contribution >= 0.6 is 23.2 Å². The third-order valence-corrected chi connectivity index (χ3v) is 2.63. The van der Waals surface area contributed by atoms with Crippen LogP contribution in [0.2, 0.25) is 5.02 Å². The average molecular weight is 248 g/mol. The molecule has 2 N–H and O–H groups in total. The van der Waals surface area contributed by atoms with Crippen LogP contribution in [0, 0.1) is 0 Å². The van der Waals surface area contributed by atoms with Crippen LogP contribution < -0.4 is 5.76 Å². The third-order valence-electron chi connectivity index (χ3n) is 2.04. The minimum atomic E-state index is -0.825. The van der Waals surface area contributed by atoms with Gasteiger partial charge in [-0.1, -0.05) is 11.6 Å². The van der Waals surface area contributed by atoms with Crippen molar-refractivity contribution in [2.24, 2.45) is 0 Å². The first kappa shape index (κ1) is 10.5. The quantitative estimate of drug-likeness (QED) is 0.799. The molecule has 0 aliphatic heterocycles. The molecular formula is C9H7Cl2NO3. The van der Waals surface area contributed by atoms with Crippen LogP contribution in [0.1, 0.15) is 11.7 Å². The van der Waals surface area contributed by atoms with Crippen molar-refractivity contribution in [3.63, 3.8) is 0 Å². The number of alkyl halides is 1. The van der Waals surface area contributed by atoms with E-state index in [2.05, 4.69) is 4.98 Å². The highest BCUT2D eigenvalue weighted by atomic mass is 35.5. The number of aliphatic hydroxyl groups excluding tert-OH is 1. The van der Waals surface area contributed by atoms with Gasteiger partial charge in [0.1, 0.15) is 5.52 Å². The van der Waals surface area contributed by atoms with Crippen LogP contribution in [0.25, 0.3) is 11.1 Å². The summed E-state index contributed by atoms with van der Waals surface area (Å²) in [6.07, 6.45) is -0.825. The summed E-state index contributed by atoms with van der Waals surface area (Å²) < 4.78 is 4.83. The lowest BCUT2D eigenvalue weighted by Crippen LogP contribution is -1.98. The molecule has 6 heteroatoms. The molecule has 0 unspecified atom stereocenters. The monoisotopic (exact) mass is 247 g/mol. The van der Waals surface area contributed by atoms with E-state index in [1.54, 1.807) is 6.07 Å². The van der Waals surface area contributed by atoms with E-state index >= 15 is 0 Å². The van der Waals surface area contributed by atoms with Gasteiger partial charge < -0.3 is 9.52 Å². The van der Waals surface area contributed by atoms with Crippen molar-refractivity contribution in [3.05, 3.63) is 33.3 Å². The predicted molar refractivity (Wildman–Crippen MR) is 57.5 cm³/mol. The highest BCUT2D eigenvalue weighted by Gasteiger charge is 2.12. The Morgan fingerprint density at radius 2 is 2.27 bits per heavy atom. The molecule has 0 spiro atoms. The Bertz CT molecular complexity index is 546. The Morgan fingerprint density at radius 1 is 1.53 bits per heavy atom. The van der Waals surface area contributed by atoms with E-state index in [9.17, 15) is 9.90 Å². The molecule has 2 rings (SSSR count). The molecule has 0 saturated carbocycles. The molecule has 0 radical (unpaired) electrons. The van der Waals surface area contributed by atoms with Gasteiger partial charge in [0.25, 0.3) is 0 Å². The van der Waals surface area contributed by atoms with Gasteiger partial charge in [-0.2, -0.15) is 0 Å². The second-order valence-electron chi connectivity index (χ2n) is 3.06. The number of H-pyrrole nitrogens is 1. The van der Waals surface area contributed by atoms with Crippen molar-refractivity contribution in [2.45, 2.75) is 6.10 Å². The Hall–Kier alpha value is -0.970. The number of aliphatic hydroxyl groups is 1. The van der Waals surface area contributed by atoms with Crippen molar-refractivity contribution in [2.75, 3.05) is 5.88 Å². The summed E-state index contributed by atoms with van der Waals surface area (Å²) in [6, 6.07) is 3.08. The first-order chi connectivity index (χ1) is 7.11. The molecule has 0 fully saturated rings. The van der Waals surface area contributed by atoms with Crippen LogP contribution in [-0.2, 0) is 0 Å². The first-order valence-electron chi connectivity index (χ1n) is 4.18. The van der Waals surface area contributed by atoms with Gasteiger partial charge in [0, 0.05) is 0 Å². The van der Waals surface area contributed by atoms with Crippen molar-refractivity contribution in [3.8, 4) is 0 Å². The van der Waals surface area contributed by atoms with Gasteiger partial charge in [0.05, 0.1) is 17.0 Å². The molecule has 1 aromatic heterocycles. The van der Waals surface area contributed by atoms with Crippen molar-refractivity contribution in [1.82, 2.24) is 4.98 Å². The zero-order chi connectivity index (χ0) is 11.0. The molecule has 0 amide bonds. The first-order valence-corrected chi connectivity index (χ1v) is 5.09. The molecule has 4 nitrogen and oxygen atoms in total. The largest absolute Gasteiger partial charge is 0.417 e. The highest BCUT2D eigenvalue weighted by Crippen LogP contribution is 2.26. The number of rotatable bonds is 2. The number of benzene rings is 1. The Morgan fingerprint density at radius 3 is 2.93 bits per heavy atom. The van der Waals surface area contributed by atoms with E-state index < -0.39 is 11.9 Å². The smallest absolute Gasteiger partial charge is 0.408 e. The fraction of sp³-hybridized carbons (Fsp3) is 0.222. The molecule has 0 aliphatic carbocycles. The number of fused-ring (bicyclic) bond motifs is 1. The van der Waals surface area contributed by atoms with Gasteiger partial charge in [-0.3, -0.25) is 4.98 Å². The van der Waals surface area contributed by atoms with Gasteiger partial charge in [-0.15, -0.1) is 11.6 Å². The number of aromatic amines is 1. The summed E-state index contributed by atoms with van der Waals surface area (Å²) >= 11 is 11.4. The fourth-order valence-electron chi connectivity index (χ4n) is 1.31. The summed E-state index contributed by atoms with van der Waals surface area (Å²) in [7, 11) is 0. The number of hydrogen-bond acceptors (Lipinski definition) is 3. The van der Waals surface area contributed by atoms with Crippen LogP contribution in [0.3, 0.4) is 0 Å². The Balaban J connectivity index is 2.66. The van der Waals surface area contributed by atoms with Gasteiger partial charge in [0.15, 0.2) is 5.58 Å². The maximum absolute atomic E-state index is 10.9. The summed E-state index contributed by atoms with van der Waals surface area (Å²) in [5.74, 6) is -0.527. The molecule has 1 heterocycles. The summed E-state index contributed by atoms with van der Waals surface area (Å²) in [5, 5.41) is 9.82. The van der Waals surface area contributed by atoms with Crippen LogP contribution in [-0.4, -0.2) is 16.0 Å².